The van der Waals surface area contributed by atoms with Crippen molar-refractivity contribution in [3.63, 3.8) is 0 Å². The van der Waals surface area contributed by atoms with Gasteiger partial charge in [-0.25, -0.2) is 14.3 Å². The number of nitrogens with one attached hydrogen (secondary N) is 1. The standard InChI is InChI=1S/C15H16IN4O8P/c1-15(23)12(21)10(5-27-29(24,25)26)28-14(15)20-4-7-8(16)2-6-11(7)9(19-20)3-17-18-13(6)22/h2-4,10,12,14,21,23H,5H2,1H3,(H,18,22)(H2,24,25,26)/t10-,12-,14-,15-/m1/s1. The molecule has 4 rings (SSSR count). The number of phosphoric acid groups is 1. The van der Waals surface area contributed by atoms with Crippen LogP contribution in [-0.4, -0.2) is 64.4 Å². The van der Waals surface area contributed by atoms with Crippen LogP contribution < -0.4 is 5.56 Å². The number of halogens is 1. The van der Waals surface area contributed by atoms with Crippen LogP contribution in [0.2, 0.25) is 0 Å². The van der Waals surface area contributed by atoms with E-state index in [1.165, 1.54) is 17.8 Å². The second-order valence-corrected chi connectivity index (χ2v) is 9.27. The van der Waals surface area contributed by atoms with Gasteiger partial charge in [-0.2, -0.15) is 10.2 Å². The van der Waals surface area contributed by atoms with Crippen molar-refractivity contribution >= 4 is 52.1 Å². The Morgan fingerprint density at radius 3 is 2.86 bits per heavy atom. The molecule has 12 nitrogen and oxygen atoms in total. The quantitative estimate of drug-likeness (QED) is 0.224. The van der Waals surface area contributed by atoms with Gasteiger partial charge in [-0.1, -0.05) is 0 Å². The lowest BCUT2D eigenvalue weighted by Gasteiger charge is -2.27. The molecule has 156 valence electrons. The summed E-state index contributed by atoms with van der Waals surface area (Å²) >= 11 is 2.06. The third-order valence-corrected chi connectivity index (χ3v) is 6.19. The Morgan fingerprint density at radius 2 is 2.17 bits per heavy atom. The topological polar surface area (TPSA) is 180 Å². The normalized spacial score (nSPS) is 27.9. The number of ether oxygens (including phenoxy) is 1. The molecule has 29 heavy (non-hydrogen) atoms. The molecule has 0 aliphatic carbocycles. The van der Waals surface area contributed by atoms with Crippen molar-refractivity contribution in [1.82, 2.24) is 20.0 Å². The van der Waals surface area contributed by atoms with Crippen molar-refractivity contribution in [2.24, 2.45) is 0 Å². The summed E-state index contributed by atoms with van der Waals surface area (Å²) in [5.41, 5.74) is -1.87. The lowest BCUT2D eigenvalue weighted by Crippen LogP contribution is -2.44. The number of hydrogen-bond acceptors (Lipinski definition) is 8. The molecule has 0 amide bonds. The highest BCUT2D eigenvalue weighted by atomic mass is 127. The molecule has 1 aliphatic rings. The Bertz CT molecular complexity index is 1200. The number of aromatic amines is 1. The Kier molecular flexibility index (Phi) is 5.07. The van der Waals surface area contributed by atoms with Crippen molar-refractivity contribution < 1.29 is 33.8 Å². The molecule has 1 aliphatic heterocycles. The van der Waals surface area contributed by atoms with Crippen molar-refractivity contribution in [2.45, 2.75) is 31.0 Å². The first-order chi connectivity index (χ1) is 13.5. The SMILES string of the molecule is C[C@@]1(O)[C@H](O)[C@@H](COP(=O)(O)O)O[C@H]1n1cc2c(I)cc3c(=O)[nH]ncc(n1)c23. The molecule has 1 saturated heterocycles. The monoisotopic (exact) mass is 538 g/mol. The highest BCUT2D eigenvalue weighted by Gasteiger charge is 2.53. The van der Waals surface area contributed by atoms with E-state index < -0.39 is 38.5 Å². The fourth-order valence-electron chi connectivity index (χ4n) is 3.41. The molecule has 0 saturated carbocycles. The number of phosphoric ester groups is 1. The van der Waals surface area contributed by atoms with Gasteiger partial charge in [0, 0.05) is 20.5 Å². The van der Waals surface area contributed by atoms with Gasteiger partial charge in [-0.3, -0.25) is 9.32 Å². The predicted octanol–water partition coefficient (Wildman–Crippen LogP) is -0.00400. The Morgan fingerprint density at radius 1 is 1.45 bits per heavy atom. The third-order valence-electron chi connectivity index (χ3n) is 4.81. The summed E-state index contributed by atoms with van der Waals surface area (Å²) in [4.78, 5) is 29.9. The number of aliphatic hydroxyl groups is 2. The summed E-state index contributed by atoms with van der Waals surface area (Å²) in [5.74, 6) is 0. The van der Waals surface area contributed by atoms with Crippen LogP contribution in [0.15, 0.2) is 23.3 Å². The maximum absolute atomic E-state index is 12.2. The van der Waals surface area contributed by atoms with E-state index in [1.807, 2.05) is 0 Å². The van der Waals surface area contributed by atoms with Gasteiger partial charge in [-0.05, 0) is 35.6 Å². The summed E-state index contributed by atoms with van der Waals surface area (Å²) in [5, 5.41) is 33.5. The average Bonchev–Trinajstić information content (AvgIpc) is 3.01. The van der Waals surface area contributed by atoms with E-state index in [1.54, 1.807) is 12.3 Å². The molecule has 5 N–H and O–H groups in total. The van der Waals surface area contributed by atoms with E-state index in [0.717, 1.165) is 3.57 Å². The molecule has 3 heterocycles. The van der Waals surface area contributed by atoms with Crippen molar-refractivity contribution in [1.29, 1.82) is 0 Å². The molecule has 2 aromatic heterocycles. The van der Waals surface area contributed by atoms with Crippen LogP contribution >= 0.6 is 30.4 Å². The van der Waals surface area contributed by atoms with Gasteiger partial charge in [-0.15, -0.1) is 0 Å². The van der Waals surface area contributed by atoms with Crippen molar-refractivity contribution in [2.75, 3.05) is 6.61 Å². The number of aliphatic hydroxyl groups excluding tert-OH is 1. The maximum atomic E-state index is 12.2. The predicted molar refractivity (Wildman–Crippen MR) is 107 cm³/mol. The lowest BCUT2D eigenvalue weighted by molar-refractivity contribution is -0.102. The first-order valence-electron chi connectivity index (χ1n) is 8.30. The van der Waals surface area contributed by atoms with Gasteiger partial charge in [0.2, 0.25) is 0 Å². The van der Waals surface area contributed by atoms with E-state index in [-0.39, 0.29) is 5.56 Å². The van der Waals surface area contributed by atoms with Gasteiger partial charge in [0.25, 0.3) is 5.56 Å². The Hall–Kier alpha value is -1.45. The number of aromatic nitrogens is 4. The number of H-pyrrole nitrogens is 1. The van der Waals surface area contributed by atoms with Crippen molar-refractivity contribution in [3.8, 4) is 0 Å². The summed E-state index contributed by atoms with van der Waals surface area (Å²) in [6.07, 6.45) is -0.989. The minimum Gasteiger partial charge on any atom is -0.387 e. The largest absolute Gasteiger partial charge is 0.469 e. The van der Waals surface area contributed by atoms with Gasteiger partial charge in [0.1, 0.15) is 23.3 Å². The Balaban J connectivity index is 1.80. The van der Waals surface area contributed by atoms with Gasteiger partial charge >= 0.3 is 7.82 Å². The zero-order valence-electron chi connectivity index (χ0n) is 14.8. The minimum atomic E-state index is -4.78. The molecule has 1 fully saturated rings. The number of nitrogens with zero attached hydrogens (tertiary/aromatic N) is 3. The summed E-state index contributed by atoms with van der Waals surface area (Å²) in [6, 6.07) is 1.68. The first-order valence-corrected chi connectivity index (χ1v) is 10.9. The van der Waals surface area contributed by atoms with Crippen molar-refractivity contribution in [3.05, 3.63) is 32.4 Å². The highest BCUT2D eigenvalue weighted by molar-refractivity contribution is 14.1. The molecular weight excluding hydrogens is 522 g/mol. The molecule has 14 heteroatoms. The van der Waals surface area contributed by atoms with Crippen LogP contribution in [0.4, 0.5) is 0 Å². The second-order valence-electron chi connectivity index (χ2n) is 6.87. The van der Waals surface area contributed by atoms with Crippen LogP contribution in [0, 0.1) is 3.57 Å². The zero-order chi connectivity index (χ0) is 21.1. The minimum absolute atomic E-state index is 0.350. The van der Waals surface area contributed by atoms with Crippen LogP contribution in [0.1, 0.15) is 13.2 Å². The van der Waals surface area contributed by atoms with Gasteiger partial charge in [0.05, 0.1) is 18.2 Å². The zero-order valence-corrected chi connectivity index (χ0v) is 17.8. The third kappa shape index (κ3) is 3.61. The van der Waals surface area contributed by atoms with E-state index in [0.29, 0.717) is 21.7 Å². The summed E-state index contributed by atoms with van der Waals surface area (Å²) in [7, 11) is -4.78. The molecular formula is C15H16IN4O8P. The van der Waals surface area contributed by atoms with Gasteiger partial charge < -0.3 is 24.7 Å². The van der Waals surface area contributed by atoms with Crippen LogP contribution in [0.3, 0.4) is 0 Å². The van der Waals surface area contributed by atoms with E-state index in [2.05, 4.69) is 42.4 Å². The molecule has 0 spiro atoms. The molecule has 4 atom stereocenters. The van der Waals surface area contributed by atoms with E-state index >= 15 is 0 Å². The average molecular weight is 538 g/mol. The smallest absolute Gasteiger partial charge is 0.387 e. The fraction of sp³-hybridized carbons (Fsp3) is 0.400. The van der Waals surface area contributed by atoms with Gasteiger partial charge in [0.15, 0.2) is 6.23 Å². The van der Waals surface area contributed by atoms with Crippen LogP contribution in [0.25, 0.3) is 21.7 Å². The number of rotatable bonds is 4. The molecule has 3 aromatic rings. The summed E-state index contributed by atoms with van der Waals surface area (Å²) < 4.78 is 23.0. The molecule has 1 aromatic carbocycles. The van der Waals surface area contributed by atoms with Crippen LogP contribution in [0.5, 0.6) is 0 Å². The lowest BCUT2D eigenvalue weighted by atomic mass is 9.97. The first kappa shape index (κ1) is 20.8. The number of hydrogen-bond donors (Lipinski definition) is 5. The Labute approximate surface area is 175 Å². The second kappa shape index (κ2) is 7.06. The highest BCUT2D eigenvalue weighted by Crippen LogP contribution is 2.42. The molecule has 0 unspecified atom stereocenters. The maximum Gasteiger partial charge on any atom is 0.469 e. The van der Waals surface area contributed by atoms with Crippen LogP contribution in [-0.2, 0) is 13.8 Å². The molecule has 0 radical (unpaired) electrons. The van der Waals surface area contributed by atoms with E-state index in [4.69, 9.17) is 14.5 Å². The van der Waals surface area contributed by atoms with E-state index in [9.17, 15) is 19.6 Å². The molecule has 0 bridgehead atoms. The summed E-state index contributed by atoms with van der Waals surface area (Å²) in [6.45, 7) is 0.683. The fourth-order valence-corrected chi connectivity index (χ4v) is 4.47.